The van der Waals surface area contributed by atoms with Crippen LogP contribution in [0.1, 0.15) is 17.0 Å². The number of nitrogens with zero attached hydrogens (tertiary/aromatic N) is 5. The average Bonchev–Trinajstić information content (AvgIpc) is 3.31. The van der Waals surface area contributed by atoms with E-state index in [1.54, 1.807) is 0 Å². The van der Waals surface area contributed by atoms with Gasteiger partial charge >= 0.3 is 0 Å². The number of hydrogen-bond donors (Lipinski definition) is 1. The first-order valence-electron chi connectivity index (χ1n) is 9.53. The van der Waals surface area contributed by atoms with Gasteiger partial charge in [-0.25, -0.2) is 4.98 Å². The van der Waals surface area contributed by atoms with Crippen LogP contribution in [0.4, 0.5) is 5.82 Å². The molecule has 0 amide bonds. The number of para-hydroxylation sites is 1. The molecule has 1 fully saturated rings. The molecule has 5 rings (SSSR count). The quantitative estimate of drug-likeness (QED) is 0.558. The summed E-state index contributed by atoms with van der Waals surface area (Å²) >= 11 is 0. The third-order valence-corrected chi connectivity index (χ3v) is 5.02. The molecule has 0 atom stereocenters. The number of morpholine rings is 1. The normalized spacial score (nSPS) is 15.2. The monoisotopic (exact) mass is 374 g/mol. The molecule has 0 aliphatic carbocycles. The van der Waals surface area contributed by atoms with Gasteiger partial charge in [0.25, 0.3) is 0 Å². The second-order valence-electron chi connectivity index (χ2n) is 7.02. The predicted octanol–water partition coefficient (Wildman–Crippen LogP) is 2.97. The van der Waals surface area contributed by atoms with Crippen molar-refractivity contribution in [3.05, 3.63) is 59.5 Å². The molecule has 1 N–H and O–H groups in total. The van der Waals surface area contributed by atoms with Gasteiger partial charge in [0, 0.05) is 54.1 Å². The van der Waals surface area contributed by atoms with Gasteiger partial charge in [-0.15, -0.1) is 0 Å². The van der Waals surface area contributed by atoms with E-state index in [9.17, 15) is 0 Å². The zero-order chi connectivity index (χ0) is 18.9. The summed E-state index contributed by atoms with van der Waals surface area (Å²) in [4.78, 5) is 15.0. The number of benzene rings is 1. The maximum Gasteiger partial charge on any atom is 0.157 e. The molecule has 3 aromatic heterocycles. The molecule has 0 spiro atoms. The summed E-state index contributed by atoms with van der Waals surface area (Å²) in [6, 6.07) is 12.3. The number of nitrogens with one attached hydrogen (secondary N) is 1. The van der Waals surface area contributed by atoms with Crippen LogP contribution in [-0.2, 0) is 11.3 Å². The smallest absolute Gasteiger partial charge is 0.157 e. The number of H-pyrrole nitrogens is 1. The second-order valence-corrected chi connectivity index (χ2v) is 7.02. The van der Waals surface area contributed by atoms with E-state index in [0.717, 1.165) is 60.2 Å². The molecular formula is C21H22N6O. The van der Waals surface area contributed by atoms with Crippen LogP contribution in [0.15, 0.2) is 47.6 Å². The highest BCUT2D eigenvalue weighted by Gasteiger charge is 2.17. The van der Waals surface area contributed by atoms with E-state index in [0.29, 0.717) is 6.54 Å². The van der Waals surface area contributed by atoms with Crippen LogP contribution >= 0.6 is 0 Å². The Kier molecular flexibility index (Phi) is 4.29. The van der Waals surface area contributed by atoms with Crippen LogP contribution < -0.4 is 4.90 Å². The molecule has 0 saturated carbocycles. The SMILES string of the molecule is Cc1cc2nc(CN=Cc3c[nH]c4ccccc34)cc(N3CCOCC3)n2n1. The van der Waals surface area contributed by atoms with Crippen molar-refractivity contribution in [2.75, 3.05) is 31.2 Å². The summed E-state index contributed by atoms with van der Waals surface area (Å²) < 4.78 is 7.42. The standard InChI is InChI=1S/C21H22N6O/c1-15-10-20-24-17(11-21(27(20)25-15)26-6-8-28-9-7-26)14-22-12-16-13-23-19-5-3-2-4-18(16)19/h2-5,10-13,23H,6-9,14H2,1H3. The van der Waals surface area contributed by atoms with Gasteiger partial charge in [-0.05, 0) is 13.0 Å². The van der Waals surface area contributed by atoms with Crippen LogP contribution in [0.5, 0.6) is 0 Å². The fraction of sp³-hybridized carbons (Fsp3) is 0.286. The first-order chi connectivity index (χ1) is 13.8. The van der Waals surface area contributed by atoms with E-state index in [2.05, 4.69) is 38.2 Å². The van der Waals surface area contributed by atoms with E-state index in [4.69, 9.17) is 9.72 Å². The maximum atomic E-state index is 5.50. The number of aliphatic imine (C=N–C) groups is 1. The minimum absolute atomic E-state index is 0.525. The van der Waals surface area contributed by atoms with E-state index in [-0.39, 0.29) is 0 Å². The second kappa shape index (κ2) is 7.09. The number of hydrogen-bond acceptors (Lipinski definition) is 5. The Hall–Kier alpha value is -3.19. The molecule has 7 heteroatoms. The molecular weight excluding hydrogens is 352 g/mol. The number of rotatable bonds is 4. The molecule has 1 aliphatic heterocycles. The van der Waals surface area contributed by atoms with Crippen LogP contribution in [0.3, 0.4) is 0 Å². The lowest BCUT2D eigenvalue weighted by molar-refractivity contribution is 0.122. The molecule has 0 bridgehead atoms. The number of fused-ring (bicyclic) bond motifs is 2. The number of anilines is 1. The number of aromatic amines is 1. The van der Waals surface area contributed by atoms with Gasteiger partial charge in [0.1, 0.15) is 5.82 Å². The minimum Gasteiger partial charge on any atom is -0.378 e. The summed E-state index contributed by atoms with van der Waals surface area (Å²) in [6.07, 6.45) is 3.91. The minimum atomic E-state index is 0.525. The summed E-state index contributed by atoms with van der Waals surface area (Å²) in [6.45, 7) is 5.70. The fourth-order valence-electron chi connectivity index (χ4n) is 3.66. The highest BCUT2D eigenvalue weighted by Crippen LogP contribution is 2.20. The van der Waals surface area contributed by atoms with E-state index < -0.39 is 0 Å². The Morgan fingerprint density at radius 2 is 2.07 bits per heavy atom. The summed E-state index contributed by atoms with van der Waals surface area (Å²) in [5.41, 5.74) is 4.96. The van der Waals surface area contributed by atoms with Gasteiger partial charge in [-0.2, -0.15) is 9.61 Å². The van der Waals surface area contributed by atoms with Gasteiger partial charge in [0.05, 0.1) is 31.1 Å². The van der Waals surface area contributed by atoms with Crippen molar-refractivity contribution < 1.29 is 4.74 Å². The Labute approximate surface area is 162 Å². The van der Waals surface area contributed by atoms with Crippen molar-refractivity contribution >= 4 is 28.6 Å². The zero-order valence-corrected chi connectivity index (χ0v) is 15.8. The lowest BCUT2D eigenvalue weighted by Crippen LogP contribution is -2.37. The van der Waals surface area contributed by atoms with Crippen molar-refractivity contribution in [3.8, 4) is 0 Å². The summed E-state index contributed by atoms with van der Waals surface area (Å²) in [7, 11) is 0. The summed E-state index contributed by atoms with van der Waals surface area (Å²) in [5, 5.41) is 5.79. The topological polar surface area (TPSA) is 70.8 Å². The molecule has 28 heavy (non-hydrogen) atoms. The molecule has 0 unspecified atom stereocenters. The lowest BCUT2D eigenvalue weighted by atomic mass is 10.2. The van der Waals surface area contributed by atoms with Gasteiger partial charge in [0.2, 0.25) is 0 Å². The maximum absolute atomic E-state index is 5.50. The van der Waals surface area contributed by atoms with Crippen LogP contribution in [-0.4, -0.2) is 52.1 Å². The van der Waals surface area contributed by atoms with E-state index in [1.807, 2.05) is 42.0 Å². The predicted molar refractivity (Wildman–Crippen MR) is 110 cm³/mol. The van der Waals surface area contributed by atoms with Crippen molar-refractivity contribution in [2.24, 2.45) is 4.99 Å². The van der Waals surface area contributed by atoms with Gasteiger partial charge in [-0.3, -0.25) is 4.99 Å². The molecule has 1 saturated heterocycles. The number of ether oxygens (including phenoxy) is 1. The molecule has 1 aromatic carbocycles. The third-order valence-electron chi connectivity index (χ3n) is 5.02. The van der Waals surface area contributed by atoms with Crippen LogP contribution in [0, 0.1) is 6.92 Å². The first-order valence-corrected chi connectivity index (χ1v) is 9.53. The van der Waals surface area contributed by atoms with Crippen LogP contribution in [0.2, 0.25) is 0 Å². The Morgan fingerprint density at radius 3 is 2.96 bits per heavy atom. The molecule has 0 radical (unpaired) electrons. The van der Waals surface area contributed by atoms with E-state index in [1.165, 1.54) is 5.39 Å². The summed E-state index contributed by atoms with van der Waals surface area (Å²) in [5.74, 6) is 1.05. The number of aryl methyl sites for hydroxylation is 1. The average molecular weight is 374 g/mol. The van der Waals surface area contributed by atoms with Crippen molar-refractivity contribution in [3.63, 3.8) is 0 Å². The Morgan fingerprint density at radius 1 is 1.21 bits per heavy atom. The highest BCUT2D eigenvalue weighted by atomic mass is 16.5. The highest BCUT2D eigenvalue weighted by molar-refractivity contribution is 5.98. The Balaban J connectivity index is 1.45. The first kappa shape index (κ1) is 16.9. The molecule has 1 aliphatic rings. The molecule has 7 nitrogen and oxygen atoms in total. The largest absolute Gasteiger partial charge is 0.378 e. The lowest BCUT2D eigenvalue weighted by Gasteiger charge is -2.29. The van der Waals surface area contributed by atoms with Crippen LogP contribution in [0.25, 0.3) is 16.6 Å². The van der Waals surface area contributed by atoms with E-state index >= 15 is 0 Å². The van der Waals surface area contributed by atoms with Gasteiger partial charge in [-0.1, -0.05) is 18.2 Å². The van der Waals surface area contributed by atoms with Gasteiger partial charge in [0.15, 0.2) is 5.65 Å². The zero-order valence-electron chi connectivity index (χ0n) is 15.8. The molecule has 4 heterocycles. The Bertz CT molecular complexity index is 1150. The van der Waals surface area contributed by atoms with Gasteiger partial charge < -0.3 is 14.6 Å². The molecule has 142 valence electrons. The number of aromatic nitrogens is 4. The third kappa shape index (κ3) is 3.14. The van der Waals surface area contributed by atoms with Crippen molar-refractivity contribution in [1.29, 1.82) is 0 Å². The van der Waals surface area contributed by atoms with Crippen molar-refractivity contribution in [2.45, 2.75) is 13.5 Å². The van der Waals surface area contributed by atoms with Crippen molar-refractivity contribution in [1.82, 2.24) is 19.6 Å². The molecule has 4 aromatic rings. The fourth-order valence-corrected chi connectivity index (χ4v) is 3.66.